The Morgan fingerprint density at radius 1 is 1.06 bits per heavy atom. The second-order valence-corrected chi connectivity index (χ2v) is 12.0. The first-order chi connectivity index (χ1) is 16.5. The minimum Gasteiger partial charge on any atom is -0.283 e. The Morgan fingerprint density at radius 3 is 2.56 bits per heavy atom. The first-order valence-electron chi connectivity index (χ1n) is 11.6. The Bertz CT molecular complexity index is 1240. The highest BCUT2D eigenvalue weighted by atomic mass is 79.9. The van der Waals surface area contributed by atoms with E-state index in [1.807, 2.05) is 21.8 Å². The number of halogens is 3. The second-order valence-electron chi connectivity index (χ2n) is 8.69. The molecule has 0 unspecified atom stereocenters. The van der Waals surface area contributed by atoms with Crippen molar-refractivity contribution in [3.8, 4) is 5.69 Å². The molecule has 1 aliphatic heterocycles. The number of nitrogens with zero attached hydrogens (tertiary/aromatic N) is 3. The van der Waals surface area contributed by atoms with Crippen LogP contribution in [0.2, 0.25) is 10.0 Å². The highest BCUT2D eigenvalue weighted by Crippen LogP contribution is 2.38. The predicted octanol–water partition coefficient (Wildman–Crippen LogP) is 7.40. The number of allylic oxidation sites excluding steroid dienone is 1. The Hall–Kier alpha value is -1.64. The van der Waals surface area contributed by atoms with Gasteiger partial charge in [0.1, 0.15) is 0 Å². The van der Waals surface area contributed by atoms with Crippen molar-refractivity contribution in [2.75, 3.05) is 13.1 Å². The van der Waals surface area contributed by atoms with Crippen molar-refractivity contribution in [2.45, 2.75) is 44.9 Å². The van der Waals surface area contributed by atoms with Crippen LogP contribution in [0.3, 0.4) is 0 Å². The fourth-order valence-corrected chi connectivity index (χ4v) is 6.58. The third-order valence-electron chi connectivity index (χ3n) is 6.29. The van der Waals surface area contributed by atoms with Crippen molar-refractivity contribution in [1.29, 1.82) is 0 Å². The zero-order chi connectivity index (χ0) is 23.7. The van der Waals surface area contributed by atoms with Gasteiger partial charge in [0, 0.05) is 28.6 Å². The zero-order valence-electron chi connectivity index (χ0n) is 18.6. The minimum absolute atomic E-state index is 0.151. The SMILES string of the molecule is O=C(NN1CCCCCC1)c1nn(-c2ccc(Cl)cc2Cl)c2c1CCC/C2=C\c1ccc(Br)s1. The molecule has 0 atom stereocenters. The Morgan fingerprint density at radius 2 is 1.85 bits per heavy atom. The van der Waals surface area contributed by atoms with Crippen LogP contribution in [0.1, 0.15) is 65.1 Å². The number of rotatable bonds is 4. The van der Waals surface area contributed by atoms with E-state index < -0.39 is 0 Å². The van der Waals surface area contributed by atoms with E-state index in [0.717, 1.165) is 76.4 Å². The normalized spacial score (nSPS) is 18.0. The molecule has 0 spiro atoms. The van der Waals surface area contributed by atoms with E-state index in [9.17, 15) is 4.79 Å². The van der Waals surface area contributed by atoms with Gasteiger partial charge < -0.3 is 0 Å². The third-order valence-corrected chi connectivity index (χ3v) is 8.40. The molecule has 3 aromatic rings. The van der Waals surface area contributed by atoms with Gasteiger partial charge in [-0.3, -0.25) is 10.2 Å². The van der Waals surface area contributed by atoms with Gasteiger partial charge >= 0.3 is 0 Å². The van der Waals surface area contributed by atoms with Gasteiger partial charge in [0.2, 0.25) is 0 Å². The first-order valence-corrected chi connectivity index (χ1v) is 14.0. The molecule has 1 aromatic carbocycles. The zero-order valence-corrected chi connectivity index (χ0v) is 22.5. The number of hydrogen-bond donors (Lipinski definition) is 1. The topological polar surface area (TPSA) is 50.2 Å². The standard InChI is InChI=1S/C25H25BrCl2N4OS/c26-22-11-9-18(34-22)14-16-6-5-7-19-23(25(33)30-31-12-3-1-2-4-13-31)29-32(24(16)19)21-10-8-17(27)15-20(21)28/h8-11,14-15H,1-7,12-13H2,(H,30,33)/b16-14+. The average molecular weight is 580 g/mol. The number of amides is 1. The fourth-order valence-electron chi connectivity index (χ4n) is 4.70. The summed E-state index contributed by atoms with van der Waals surface area (Å²) in [5.74, 6) is -0.151. The van der Waals surface area contributed by atoms with Crippen molar-refractivity contribution in [3.63, 3.8) is 0 Å². The van der Waals surface area contributed by atoms with Gasteiger partial charge in [-0.1, -0.05) is 36.0 Å². The van der Waals surface area contributed by atoms with Gasteiger partial charge in [-0.2, -0.15) is 5.10 Å². The minimum atomic E-state index is -0.151. The molecular weight excluding hydrogens is 555 g/mol. The molecule has 5 rings (SSSR count). The molecule has 9 heteroatoms. The number of thiophene rings is 1. The largest absolute Gasteiger partial charge is 0.286 e. The number of aromatic nitrogens is 2. The second kappa shape index (κ2) is 10.5. The molecule has 1 aliphatic carbocycles. The quantitative estimate of drug-likeness (QED) is 0.350. The number of carbonyl (C=O) groups excluding carboxylic acids is 1. The summed E-state index contributed by atoms with van der Waals surface area (Å²) in [6.45, 7) is 1.74. The molecule has 1 saturated heterocycles. The Kier molecular flexibility index (Phi) is 7.46. The summed E-state index contributed by atoms with van der Waals surface area (Å²) in [5.41, 5.74) is 7.41. The summed E-state index contributed by atoms with van der Waals surface area (Å²) >= 11 is 18.0. The summed E-state index contributed by atoms with van der Waals surface area (Å²) in [7, 11) is 0. The van der Waals surface area contributed by atoms with Crippen molar-refractivity contribution >= 4 is 68.0 Å². The summed E-state index contributed by atoms with van der Waals surface area (Å²) in [6.07, 6.45) is 9.48. The van der Waals surface area contributed by atoms with Gasteiger partial charge in [0.05, 0.1) is 20.2 Å². The number of fused-ring (bicyclic) bond motifs is 1. The van der Waals surface area contributed by atoms with Crippen LogP contribution in [-0.4, -0.2) is 33.8 Å². The van der Waals surface area contributed by atoms with Gasteiger partial charge in [-0.05, 0) is 90.0 Å². The first kappa shape index (κ1) is 24.1. The molecule has 0 radical (unpaired) electrons. The lowest BCUT2D eigenvalue weighted by molar-refractivity contribution is 0.0787. The molecular formula is C25H25BrCl2N4OS. The van der Waals surface area contributed by atoms with Crippen LogP contribution in [0.5, 0.6) is 0 Å². The molecule has 0 bridgehead atoms. The van der Waals surface area contributed by atoms with E-state index >= 15 is 0 Å². The van der Waals surface area contributed by atoms with E-state index in [1.165, 1.54) is 12.8 Å². The molecule has 0 saturated carbocycles. The van der Waals surface area contributed by atoms with Gasteiger partial charge in [-0.25, -0.2) is 9.69 Å². The molecule has 1 fully saturated rings. The summed E-state index contributed by atoms with van der Waals surface area (Å²) < 4.78 is 2.92. The number of benzene rings is 1. The summed E-state index contributed by atoms with van der Waals surface area (Å²) in [4.78, 5) is 14.6. The van der Waals surface area contributed by atoms with E-state index in [4.69, 9.17) is 28.3 Å². The Balaban J connectivity index is 1.60. The van der Waals surface area contributed by atoms with E-state index in [0.29, 0.717) is 15.7 Å². The Labute approximate surface area is 221 Å². The highest BCUT2D eigenvalue weighted by molar-refractivity contribution is 9.11. The monoisotopic (exact) mass is 578 g/mol. The number of nitrogens with one attached hydrogen (secondary N) is 1. The third kappa shape index (κ3) is 5.14. The molecule has 1 amide bonds. The average Bonchev–Trinajstić information content (AvgIpc) is 3.30. The van der Waals surface area contributed by atoms with E-state index in [1.54, 1.807) is 23.5 Å². The van der Waals surface area contributed by atoms with Crippen LogP contribution < -0.4 is 5.43 Å². The molecule has 34 heavy (non-hydrogen) atoms. The molecule has 2 aromatic heterocycles. The van der Waals surface area contributed by atoms with E-state index in [-0.39, 0.29) is 5.91 Å². The number of hydrazine groups is 1. The van der Waals surface area contributed by atoms with Crippen LogP contribution in [0.4, 0.5) is 0 Å². The summed E-state index contributed by atoms with van der Waals surface area (Å²) in [6, 6.07) is 9.53. The maximum Gasteiger partial charge on any atom is 0.286 e. The van der Waals surface area contributed by atoms with Crippen molar-refractivity contribution in [2.24, 2.45) is 0 Å². The molecule has 5 nitrogen and oxygen atoms in total. The van der Waals surface area contributed by atoms with Crippen molar-refractivity contribution < 1.29 is 4.79 Å². The molecule has 2 aliphatic rings. The van der Waals surface area contributed by atoms with Gasteiger partial charge in [0.15, 0.2) is 5.69 Å². The summed E-state index contributed by atoms with van der Waals surface area (Å²) in [5, 5.41) is 7.95. The predicted molar refractivity (Wildman–Crippen MR) is 144 cm³/mol. The molecule has 1 N–H and O–H groups in total. The van der Waals surface area contributed by atoms with Crippen LogP contribution >= 0.6 is 50.5 Å². The number of carbonyl (C=O) groups is 1. The number of hydrogen-bond acceptors (Lipinski definition) is 4. The lowest BCUT2D eigenvalue weighted by atomic mass is 9.90. The van der Waals surface area contributed by atoms with Gasteiger partial charge in [-0.15, -0.1) is 11.3 Å². The van der Waals surface area contributed by atoms with Crippen molar-refractivity contribution in [1.82, 2.24) is 20.2 Å². The van der Waals surface area contributed by atoms with Crippen LogP contribution in [0.15, 0.2) is 34.1 Å². The lowest BCUT2D eigenvalue weighted by Gasteiger charge is -2.21. The van der Waals surface area contributed by atoms with Crippen LogP contribution in [-0.2, 0) is 6.42 Å². The maximum atomic E-state index is 13.4. The van der Waals surface area contributed by atoms with Crippen LogP contribution in [0.25, 0.3) is 17.3 Å². The smallest absolute Gasteiger partial charge is 0.283 e. The van der Waals surface area contributed by atoms with Gasteiger partial charge in [0.25, 0.3) is 5.91 Å². The maximum absolute atomic E-state index is 13.4. The van der Waals surface area contributed by atoms with Crippen LogP contribution in [0, 0.1) is 0 Å². The highest BCUT2D eigenvalue weighted by Gasteiger charge is 2.30. The van der Waals surface area contributed by atoms with E-state index in [2.05, 4.69) is 33.5 Å². The molecule has 178 valence electrons. The lowest BCUT2D eigenvalue weighted by Crippen LogP contribution is -2.43. The van der Waals surface area contributed by atoms with Crippen molar-refractivity contribution in [3.05, 3.63) is 66.0 Å². The molecule has 3 heterocycles. The fraction of sp³-hybridized carbons (Fsp3) is 0.360.